The standard InChI is InChI=1S/C14H12N4O/c1-16-11-6-7-13(17-9-11)14(19)18-12-5-3-2-4-10(12)8-15/h2-7,9,16H,1H3,(H,18,19). The molecule has 2 aromatic rings. The Morgan fingerprint density at radius 2 is 2.05 bits per heavy atom. The number of anilines is 2. The molecule has 0 saturated carbocycles. The van der Waals surface area contributed by atoms with Crippen molar-refractivity contribution in [3.05, 3.63) is 53.9 Å². The van der Waals surface area contributed by atoms with Gasteiger partial charge in [-0.05, 0) is 24.3 Å². The summed E-state index contributed by atoms with van der Waals surface area (Å²) >= 11 is 0. The molecule has 2 N–H and O–H groups in total. The Bertz CT molecular complexity index is 629. The van der Waals surface area contributed by atoms with Crippen molar-refractivity contribution in [3.8, 4) is 6.07 Å². The van der Waals surface area contributed by atoms with E-state index in [2.05, 4.69) is 15.6 Å². The molecule has 1 aromatic carbocycles. The van der Waals surface area contributed by atoms with Gasteiger partial charge in [0.1, 0.15) is 11.8 Å². The second kappa shape index (κ2) is 5.65. The van der Waals surface area contributed by atoms with Gasteiger partial charge in [-0.25, -0.2) is 4.98 Å². The molecule has 0 unspecified atom stereocenters. The molecule has 19 heavy (non-hydrogen) atoms. The molecule has 0 bridgehead atoms. The van der Waals surface area contributed by atoms with E-state index in [0.717, 1.165) is 5.69 Å². The van der Waals surface area contributed by atoms with Crippen molar-refractivity contribution in [1.82, 2.24) is 4.98 Å². The van der Waals surface area contributed by atoms with Gasteiger partial charge in [-0.3, -0.25) is 4.79 Å². The van der Waals surface area contributed by atoms with E-state index in [1.165, 1.54) is 0 Å². The summed E-state index contributed by atoms with van der Waals surface area (Å²) in [5.74, 6) is -0.342. The van der Waals surface area contributed by atoms with E-state index < -0.39 is 0 Å². The number of carbonyl (C=O) groups excluding carboxylic acids is 1. The summed E-state index contributed by atoms with van der Waals surface area (Å²) in [7, 11) is 1.78. The third-order valence-electron chi connectivity index (χ3n) is 2.58. The molecule has 2 rings (SSSR count). The maximum absolute atomic E-state index is 12.0. The molecule has 5 nitrogen and oxygen atoms in total. The number of nitrogens with zero attached hydrogens (tertiary/aromatic N) is 2. The van der Waals surface area contributed by atoms with Crippen LogP contribution in [-0.4, -0.2) is 17.9 Å². The molecular weight excluding hydrogens is 240 g/mol. The van der Waals surface area contributed by atoms with E-state index in [-0.39, 0.29) is 5.91 Å². The molecule has 0 aliphatic carbocycles. The van der Waals surface area contributed by atoms with E-state index in [9.17, 15) is 4.79 Å². The minimum Gasteiger partial charge on any atom is -0.387 e. The van der Waals surface area contributed by atoms with Crippen molar-refractivity contribution in [3.63, 3.8) is 0 Å². The van der Waals surface area contributed by atoms with Crippen LogP contribution < -0.4 is 10.6 Å². The lowest BCUT2D eigenvalue weighted by Gasteiger charge is -2.06. The van der Waals surface area contributed by atoms with Gasteiger partial charge in [0, 0.05) is 7.05 Å². The molecule has 0 aliphatic heterocycles. The second-order valence-electron chi connectivity index (χ2n) is 3.79. The molecule has 0 saturated heterocycles. The van der Waals surface area contributed by atoms with Crippen molar-refractivity contribution in [2.45, 2.75) is 0 Å². The molecule has 94 valence electrons. The summed E-state index contributed by atoms with van der Waals surface area (Å²) in [5, 5.41) is 14.5. The van der Waals surface area contributed by atoms with Gasteiger partial charge in [-0.15, -0.1) is 0 Å². The molecule has 0 spiro atoms. The molecule has 0 atom stereocenters. The van der Waals surface area contributed by atoms with Crippen LogP contribution >= 0.6 is 0 Å². The Morgan fingerprint density at radius 3 is 2.68 bits per heavy atom. The Labute approximate surface area is 110 Å². The number of hydrogen-bond acceptors (Lipinski definition) is 4. The smallest absolute Gasteiger partial charge is 0.274 e. The van der Waals surface area contributed by atoms with Gasteiger partial charge >= 0.3 is 0 Å². The van der Waals surface area contributed by atoms with Gasteiger partial charge in [0.25, 0.3) is 5.91 Å². The number of para-hydroxylation sites is 1. The topological polar surface area (TPSA) is 77.8 Å². The largest absolute Gasteiger partial charge is 0.387 e. The first kappa shape index (κ1) is 12.6. The van der Waals surface area contributed by atoms with E-state index in [4.69, 9.17) is 5.26 Å². The van der Waals surface area contributed by atoms with Crippen molar-refractivity contribution >= 4 is 17.3 Å². The summed E-state index contributed by atoms with van der Waals surface area (Å²) in [4.78, 5) is 16.0. The molecule has 0 aliphatic rings. The van der Waals surface area contributed by atoms with Crippen LogP contribution in [0.3, 0.4) is 0 Å². The van der Waals surface area contributed by atoms with E-state index >= 15 is 0 Å². The summed E-state index contributed by atoms with van der Waals surface area (Å²) in [6, 6.07) is 12.2. The molecule has 0 radical (unpaired) electrons. The fourth-order valence-corrected chi connectivity index (χ4v) is 1.55. The van der Waals surface area contributed by atoms with Gasteiger partial charge in [0.2, 0.25) is 0 Å². The third-order valence-corrected chi connectivity index (χ3v) is 2.58. The lowest BCUT2D eigenvalue weighted by molar-refractivity contribution is 0.102. The van der Waals surface area contributed by atoms with Crippen LogP contribution in [0.2, 0.25) is 0 Å². The zero-order chi connectivity index (χ0) is 13.7. The number of benzene rings is 1. The van der Waals surface area contributed by atoms with E-state index in [1.54, 1.807) is 49.6 Å². The first-order valence-corrected chi connectivity index (χ1v) is 5.69. The number of aromatic nitrogens is 1. The van der Waals surface area contributed by atoms with E-state index in [1.807, 2.05) is 6.07 Å². The number of nitrogens with one attached hydrogen (secondary N) is 2. The molecule has 1 aromatic heterocycles. The second-order valence-corrected chi connectivity index (χ2v) is 3.79. The predicted octanol–water partition coefficient (Wildman–Crippen LogP) is 2.25. The molecule has 0 fully saturated rings. The Kier molecular flexibility index (Phi) is 3.74. The minimum atomic E-state index is -0.342. The first-order chi connectivity index (χ1) is 9.24. The zero-order valence-corrected chi connectivity index (χ0v) is 10.3. The quantitative estimate of drug-likeness (QED) is 0.878. The number of amides is 1. The highest BCUT2D eigenvalue weighted by Gasteiger charge is 2.09. The maximum Gasteiger partial charge on any atom is 0.274 e. The van der Waals surface area contributed by atoms with Gasteiger partial charge < -0.3 is 10.6 Å². The number of pyridine rings is 1. The molecule has 1 heterocycles. The Morgan fingerprint density at radius 1 is 1.26 bits per heavy atom. The van der Waals surface area contributed by atoms with Crippen LogP contribution in [0.4, 0.5) is 11.4 Å². The highest BCUT2D eigenvalue weighted by molar-refractivity contribution is 6.03. The van der Waals surface area contributed by atoms with Crippen molar-refractivity contribution in [2.75, 3.05) is 17.7 Å². The van der Waals surface area contributed by atoms with Crippen LogP contribution in [0, 0.1) is 11.3 Å². The van der Waals surface area contributed by atoms with E-state index in [0.29, 0.717) is 16.9 Å². The van der Waals surface area contributed by atoms with Crippen molar-refractivity contribution in [2.24, 2.45) is 0 Å². The van der Waals surface area contributed by atoms with Crippen LogP contribution in [-0.2, 0) is 0 Å². The maximum atomic E-state index is 12.0. The lowest BCUT2D eigenvalue weighted by Crippen LogP contribution is -2.14. The van der Waals surface area contributed by atoms with Crippen LogP contribution in [0.25, 0.3) is 0 Å². The van der Waals surface area contributed by atoms with Gasteiger partial charge in [0.05, 0.1) is 23.1 Å². The monoisotopic (exact) mass is 252 g/mol. The Balaban J connectivity index is 2.18. The fourth-order valence-electron chi connectivity index (χ4n) is 1.55. The normalized spacial score (nSPS) is 9.47. The summed E-state index contributed by atoms with van der Waals surface area (Å²) < 4.78 is 0. The summed E-state index contributed by atoms with van der Waals surface area (Å²) in [6.45, 7) is 0. The minimum absolute atomic E-state index is 0.298. The first-order valence-electron chi connectivity index (χ1n) is 5.69. The number of rotatable bonds is 3. The fraction of sp³-hybridized carbons (Fsp3) is 0.0714. The van der Waals surface area contributed by atoms with Gasteiger partial charge in [-0.2, -0.15) is 5.26 Å². The lowest BCUT2D eigenvalue weighted by atomic mass is 10.2. The number of carbonyl (C=O) groups is 1. The SMILES string of the molecule is CNc1ccc(C(=O)Nc2ccccc2C#N)nc1. The molecular formula is C14H12N4O. The van der Waals surface area contributed by atoms with Crippen molar-refractivity contribution < 1.29 is 4.79 Å². The number of hydrogen-bond donors (Lipinski definition) is 2. The average molecular weight is 252 g/mol. The van der Waals surface area contributed by atoms with Crippen LogP contribution in [0.1, 0.15) is 16.1 Å². The third kappa shape index (κ3) is 2.87. The molecule has 1 amide bonds. The highest BCUT2D eigenvalue weighted by Crippen LogP contribution is 2.15. The van der Waals surface area contributed by atoms with Crippen molar-refractivity contribution in [1.29, 1.82) is 5.26 Å². The van der Waals surface area contributed by atoms with Crippen LogP contribution in [0.15, 0.2) is 42.6 Å². The summed E-state index contributed by atoms with van der Waals surface area (Å²) in [6.07, 6.45) is 1.57. The van der Waals surface area contributed by atoms with Gasteiger partial charge in [0.15, 0.2) is 0 Å². The average Bonchev–Trinajstić information content (AvgIpc) is 2.48. The highest BCUT2D eigenvalue weighted by atomic mass is 16.1. The zero-order valence-electron chi connectivity index (χ0n) is 10.3. The summed E-state index contributed by atoms with van der Waals surface area (Å²) in [5.41, 5.74) is 2.03. The number of nitriles is 1. The Hall–Kier alpha value is -2.87. The van der Waals surface area contributed by atoms with Gasteiger partial charge in [-0.1, -0.05) is 12.1 Å². The predicted molar refractivity (Wildman–Crippen MR) is 72.9 cm³/mol. The van der Waals surface area contributed by atoms with Crippen LogP contribution in [0.5, 0.6) is 0 Å². The molecule has 5 heteroatoms.